The van der Waals surface area contributed by atoms with E-state index < -0.39 is 21.2 Å². The SMILES string of the molecule is CC.CCC.CCc1coc(CNC2=NS(=O)N=C2CCN/C=C/S/C(=C/O)S(=O)(=O)N(CC)CC)c1. The van der Waals surface area contributed by atoms with E-state index in [1.807, 2.05) is 26.8 Å². The topological polar surface area (TPSA) is 137 Å². The molecule has 0 saturated carbocycles. The molecule has 37 heavy (non-hydrogen) atoms. The smallest absolute Gasteiger partial charge is 0.267 e. The average molecular weight is 578 g/mol. The number of furan rings is 1. The van der Waals surface area contributed by atoms with Crippen LogP contribution < -0.4 is 10.6 Å². The van der Waals surface area contributed by atoms with Crippen LogP contribution in [0.4, 0.5) is 0 Å². The lowest BCUT2D eigenvalue weighted by molar-refractivity contribution is 0.446. The van der Waals surface area contributed by atoms with Crippen molar-refractivity contribution in [2.75, 3.05) is 19.6 Å². The van der Waals surface area contributed by atoms with E-state index in [2.05, 4.69) is 33.3 Å². The Labute approximate surface area is 229 Å². The first kappa shape index (κ1) is 34.9. The maximum absolute atomic E-state index is 12.4. The van der Waals surface area contributed by atoms with E-state index in [0.717, 1.165) is 29.5 Å². The van der Waals surface area contributed by atoms with Crippen LogP contribution in [-0.4, -0.2) is 53.2 Å². The number of aliphatic hydroxyl groups is 1. The van der Waals surface area contributed by atoms with Gasteiger partial charge in [0.05, 0.1) is 18.5 Å². The zero-order valence-corrected chi connectivity index (χ0v) is 25.4. The summed E-state index contributed by atoms with van der Waals surface area (Å²) in [7, 11) is -3.72. The fourth-order valence-corrected chi connectivity index (χ4v) is 5.86. The summed E-state index contributed by atoms with van der Waals surface area (Å²) in [4.78, 5) is 0. The molecule has 1 atom stereocenters. The number of nitrogens with zero attached hydrogens (tertiary/aromatic N) is 3. The minimum atomic E-state index is -3.72. The van der Waals surface area contributed by atoms with Gasteiger partial charge in [-0.3, -0.25) is 0 Å². The summed E-state index contributed by atoms with van der Waals surface area (Å²) in [6, 6.07) is 1.95. The lowest BCUT2D eigenvalue weighted by Gasteiger charge is -2.18. The number of aliphatic hydroxyl groups excluding tert-OH is 1. The van der Waals surface area contributed by atoms with Gasteiger partial charge < -0.3 is 20.2 Å². The quantitative estimate of drug-likeness (QED) is 0.220. The molecule has 2 heterocycles. The first-order valence-electron chi connectivity index (χ1n) is 12.5. The molecule has 1 aromatic rings. The molecule has 1 aromatic heterocycles. The fourth-order valence-electron chi connectivity index (χ4n) is 2.73. The predicted octanol–water partition coefficient (Wildman–Crippen LogP) is 5.02. The van der Waals surface area contributed by atoms with Gasteiger partial charge in [0.25, 0.3) is 21.2 Å². The maximum Gasteiger partial charge on any atom is 0.267 e. The van der Waals surface area contributed by atoms with Gasteiger partial charge in [0.2, 0.25) is 0 Å². The van der Waals surface area contributed by atoms with Crippen LogP contribution in [0.1, 0.15) is 72.6 Å². The van der Waals surface area contributed by atoms with Crippen molar-refractivity contribution in [1.29, 1.82) is 0 Å². The largest absolute Gasteiger partial charge is 0.514 e. The molecule has 0 aromatic carbocycles. The number of nitrogens with one attached hydrogen (secondary N) is 2. The second-order valence-electron chi connectivity index (χ2n) is 7.21. The fraction of sp³-hybridized carbons (Fsp3) is 0.583. The van der Waals surface area contributed by atoms with E-state index in [1.165, 1.54) is 16.1 Å². The van der Waals surface area contributed by atoms with Gasteiger partial charge in [0.15, 0.2) is 10.1 Å². The Kier molecular flexibility index (Phi) is 18.8. The monoisotopic (exact) mass is 577 g/mol. The Morgan fingerprint density at radius 1 is 1.19 bits per heavy atom. The Morgan fingerprint density at radius 2 is 1.84 bits per heavy atom. The summed E-state index contributed by atoms with van der Waals surface area (Å²) >= 11 is -0.750. The summed E-state index contributed by atoms with van der Waals surface area (Å²) in [5.41, 5.74) is 1.68. The molecular formula is C24H43N5O5S3. The predicted molar refractivity (Wildman–Crippen MR) is 157 cm³/mol. The highest BCUT2D eigenvalue weighted by Crippen LogP contribution is 2.25. The van der Waals surface area contributed by atoms with Crippen molar-refractivity contribution in [1.82, 2.24) is 14.9 Å². The number of sulfonamides is 1. The van der Waals surface area contributed by atoms with Gasteiger partial charge in [0.1, 0.15) is 12.0 Å². The number of hydrogen-bond donors (Lipinski definition) is 3. The van der Waals surface area contributed by atoms with E-state index in [9.17, 15) is 17.7 Å². The van der Waals surface area contributed by atoms with Crippen LogP contribution >= 0.6 is 11.8 Å². The van der Waals surface area contributed by atoms with E-state index in [-0.39, 0.29) is 4.24 Å². The highest BCUT2D eigenvalue weighted by molar-refractivity contribution is 8.19. The molecule has 0 aliphatic carbocycles. The molecule has 10 nitrogen and oxygen atoms in total. The van der Waals surface area contributed by atoms with E-state index in [1.54, 1.807) is 26.3 Å². The molecule has 0 radical (unpaired) electrons. The Balaban J connectivity index is 0.00000241. The summed E-state index contributed by atoms with van der Waals surface area (Å²) in [5, 5.41) is 17.0. The summed E-state index contributed by atoms with van der Waals surface area (Å²) in [6.45, 7) is 15.3. The van der Waals surface area contributed by atoms with Crippen molar-refractivity contribution in [2.24, 2.45) is 8.80 Å². The van der Waals surface area contributed by atoms with Crippen LogP contribution in [0, 0.1) is 0 Å². The van der Waals surface area contributed by atoms with Crippen molar-refractivity contribution in [3.63, 3.8) is 0 Å². The minimum Gasteiger partial charge on any atom is -0.514 e. The van der Waals surface area contributed by atoms with Gasteiger partial charge in [0, 0.05) is 32.3 Å². The lowest BCUT2D eigenvalue weighted by atomic mass is 10.2. The highest BCUT2D eigenvalue weighted by Gasteiger charge is 2.24. The number of thioether (sulfide) groups is 1. The maximum atomic E-state index is 12.4. The summed E-state index contributed by atoms with van der Waals surface area (Å²) in [6.07, 6.45) is 6.49. The van der Waals surface area contributed by atoms with E-state index in [4.69, 9.17) is 4.42 Å². The van der Waals surface area contributed by atoms with Gasteiger partial charge in [-0.1, -0.05) is 66.6 Å². The Hall–Kier alpha value is -2.09. The molecule has 1 aliphatic heterocycles. The minimum absolute atomic E-state index is 0.155. The van der Waals surface area contributed by atoms with Crippen LogP contribution in [0.2, 0.25) is 0 Å². The van der Waals surface area contributed by atoms with Crippen molar-refractivity contribution in [3.05, 3.63) is 45.8 Å². The lowest BCUT2D eigenvalue weighted by Crippen LogP contribution is -2.31. The van der Waals surface area contributed by atoms with Crippen LogP contribution in [0.5, 0.6) is 0 Å². The number of hydrogen-bond acceptors (Lipinski definition) is 8. The van der Waals surface area contributed by atoms with Crippen LogP contribution in [0.3, 0.4) is 0 Å². The van der Waals surface area contributed by atoms with E-state index in [0.29, 0.717) is 50.4 Å². The second kappa shape index (κ2) is 19.9. The molecule has 0 fully saturated rings. The molecule has 1 unspecified atom stereocenters. The molecule has 2 rings (SSSR count). The van der Waals surface area contributed by atoms with Gasteiger partial charge >= 0.3 is 0 Å². The first-order valence-corrected chi connectivity index (χ1v) is 15.9. The van der Waals surface area contributed by atoms with Gasteiger partial charge in [-0.25, -0.2) is 12.6 Å². The van der Waals surface area contributed by atoms with Crippen LogP contribution in [0.25, 0.3) is 0 Å². The van der Waals surface area contributed by atoms with Gasteiger partial charge in [-0.05, 0) is 23.5 Å². The second-order valence-corrected chi connectivity index (χ2v) is 11.1. The molecule has 1 aliphatic rings. The number of aryl methyl sites for hydroxylation is 1. The van der Waals surface area contributed by atoms with E-state index >= 15 is 0 Å². The molecule has 0 spiro atoms. The molecule has 13 heteroatoms. The third-order valence-corrected chi connectivity index (χ3v) is 8.51. The molecule has 0 saturated heterocycles. The Morgan fingerprint density at radius 3 is 2.38 bits per heavy atom. The van der Waals surface area contributed by atoms with Crippen molar-refractivity contribution in [2.45, 2.75) is 74.3 Å². The number of amidine groups is 1. The van der Waals surface area contributed by atoms with Gasteiger partial charge in [-0.15, -0.1) is 4.40 Å². The van der Waals surface area contributed by atoms with Crippen molar-refractivity contribution in [3.8, 4) is 0 Å². The zero-order chi connectivity index (χ0) is 28.3. The van der Waals surface area contributed by atoms with Crippen molar-refractivity contribution >= 4 is 44.5 Å². The third kappa shape index (κ3) is 12.3. The average Bonchev–Trinajstić information content (AvgIpc) is 3.50. The molecule has 0 amide bonds. The van der Waals surface area contributed by atoms with Crippen molar-refractivity contribution < 1.29 is 22.2 Å². The normalized spacial score (nSPS) is 15.5. The summed E-state index contributed by atoms with van der Waals surface area (Å²) in [5.74, 6) is 1.22. The molecular weight excluding hydrogens is 534 g/mol. The third-order valence-electron chi connectivity index (χ3n) is 4.46. The summed E-state index contributed by atoms with van der Waals surface area (Å²) < 4.78 is 51.1. The van der Waals surface area contributed by atoms with Crippen LogP contribution in [0.15, 0.2) is 47.6 Å². The Bertz CT molecular complexity index is 1030. The standard InChI is InChI=1S/C19H29N5O5S3.C3H8.C2H6/c1-4-15-11-16(29-14-15)12-21-19-17(22-31(26)23-19)7-8-20-9-10-30-18(13-25)32(27,28)24(5-2)6-3;1-3-2;1-2/h9-11,13-14,20,25H,4-8,12H2,1-3H3,(H,21,23);3H2,1-2H3;1-2H3/b10-9+,18-13-;;. The van der Waals surface area contributed by atoms with Crippen LogP contribution in [-0.2, 0) is 34.2 Å². The molecule has 0 bridgehead atoms. The first-order chi connectivity index (χ1) is 17.8. The molecule has 3 N–H and O–H groups in total. The molecule has 212 valence electrons. The number of rotatable bonds is 13. The van der Waals surface area contributed by atoms with Gasteiger partial charge in [-0.2, -0.15) is 8.70 Å². The highest BCUT2D eigenvalue weighted by atomic mass is 32.3. The zero-order valence-electron chi connectivity index (χ0n) is 23.0.